The number of hydrogen-bond donors (Lipinski definition) is 4. The third kappa shape index (κ3) is 9.97. The molecule has 4 fully saturated rings. The average Bonchev–Trinajstić information content (AvgIpc) is 3.92. The van der Waals surface area contributed by atoms with Gasteiger partial charge in [-0.3, -0.25) is 19.2 Å². The van der Waals surface area contributed by atoms with E-state index in [0.29, 0.717) is 25.2 Å². The van der Waals surface area contributed by atoms with Gasteiger partial charge in [0, 0.05) is 12.6 Å². The minimum Gasteiger partial charge on any atom is -0.347 e. The van der Waals surface area contributed by atoms with Gasteiger partial charge in [-0.25, -0.2) is 13.2 Å². The van der Waals surface area contributed by atoms with Crippen LogP contribution in [-0.4, -0.2) is 89.6 Å². The van der Waals surface area contributed by atoms with E-state index in [1.54, 1.807) is 20.8 Å². The van der Waals surface area contributed by atoms with Crippen molar-refractivity contribution in [2.75, 3.05) is 12.3 Å². The number of likely N-dealkylation sites (tertiary alicyclic amines) is 1. The molecule has 49 heavy (non-hydrogen) atoms. The molecule has 5 atom stereocenters. The Morgan fingerprint density at radius 2 is 1.49 bits per heavy atom. The summed E-state index contributed by atoms with van der Waals surface area (Å²) in [4.78, 5) is 69.6. The molecule has 12 nitrogen and oxygen atoms in total. The molecule has 0 aromatic carbocycles. The lowest BCUT2D eigenvalue weighted by molar-refractivity contribution is -0.144. The first-order chi connectivity index (χ1) is 22.6. The Hall–Kier alpha value is -2.70. The Bertz CT molecular complexity index is 1370. The van der Waals surface area contributed by atoms with Crippen molar-refractivity contribution in [1.82, 2.24) is 26.2 Å². The van der Waals surface area contributed by atoms with E-state index in [0.717, 1.165) is 51.4 Å². The largest absolute Gasteiger partial charge is 0.347 e. The van der Waals surface area contributed by atoms with Crippen LogP contribution in [0.25, 0.3) is 0 Å². The zero-order valence-electron chi connectivity index (χ0n) is 30.9. The number of sulfone groups is 1. The Kier molecular flexibility index (Phi) is 11.9. The number of hydrogen-bond acceptors (Lipinski definition) is 7. The number of urea groups is 1. The smallest absolute Gasteiger partial charge is 0.315 e. The van der Waals surface area contributed by atoms with Gasteiger partial charge in [0.05, 0.1) is 22.1 Å². The van der Waals surface area contributed by atoms with E-state index >= 15 is 0 Å². The number of carbonyl (C=O) groups excluding carboxylic acids is 5. The fourth-order valence-corrected chi connectivity index (χ4v) is 8.63. The molecular weight excluding hydrogens is 646 g/mol. The first-order valence-corrected chi connectivity index (χ1v) is 20.1. The molecule has 0 spiro atoms. The summed E-state index contributed by atoms with van der Waals surface area (Å²) >= 11 is 0. The first kappa shape index (κ1) is 39.1. The van der Waals surface area contributed by atoms with Gasteiger partial charge < -0.3 is 26.2 Å². The fraction of sp³-hybridized carbons (Fsp3) is 0.861. The van der Waals surface area contributed by atoms with Crippen LogP contribution in [0.5, 0.6) is 0 Å². The van der Waals surface area contributed by atoms with Gasteiger partial charge in [0.2, 0.25) is 17.6 Å². The molecular formula is C36H61N5O7S. The first-order valence-electron chi connectivity index (χ1n) is 18.4. The van der Waals surface area contributed by atoms with E-state index in [1.165, 1.54) is 4.90 Å². The number of rotatable bonds is 13. The second-order valence-corrected chi connectivity index (χ2v) is 20.3. The normalized spacial score (nSPS) is 25.6. The molecule has 0 aromatic rings. The molecule has 0 radical (unpaired) electrons. The summed E-state index contributed by atoms with van der Waals surface area (Å²) in [5.41, 5.74) is -1.71. The van der Waals surface area contributed by atoms with Crippen LogP contribution in [0, 0.1) is 23.2 Å². The molecule has 278 valence electrons. The van der Waals surface area contributed by atoms with Crippen LogP contribution in [0.4, 0.5) is 4.79 Å². The summed E-state index contributed by atoms with van der Waals surface area (Å²) in [6, 6.07) is -3.52. The molecule has 4 aliphatic rings. The lowest BCUT2D eigenvalue weighted by Crippen LogP contribution is -2.63. The summed E-state index contributed by atoms with van der Waals surface area (Å²) in [5, 5.41) is 11.5. The Labute approximate surface area is 293 Å². The van der Waals surface area contributed by atoms with Gasteiger partial charge in [-0.2, -0.15) is 0 Å². The topological polar surface area (TPSA) is 171 Å². The maximum Gasteiger partial charge on any atom is 0.315 e. The van der Waals surface area contributed by atoms with Crippen molar-refractivity contribution in [1.29, 1.82) is 0 Å². The molecule has 3 aliphatic carbocycles. The Morgan fingerprint density at radius 3 is 2.02 bits per heavy atom. The van der Waals surface area contributed by atoms with Gasteiger partial charge in [-0.15, -0.1) is 0 Å². The summed E-state index contributed by atoms with van der Waals surface area (Å²) in [6.07, 6.45) is 8.48. The van der Waals surface area contributed by atoms with Crippen molar-refractivity contribution in [2.45, 2.75) is 160 Å². The average molecular weight is 708 g/mol. The SMILES string of the molecule is C[C@@H]1[C@@H](C(=O)N[C@@H](CCC2CC2)C(=O)C(=O)NC2CC2)N(C(=O)[C@@H](NC(=O)NC2(CS(=O)(=O)C(C)(C)C)CCCCC2)C(C)(C)C)C[C@@H]1C. The number of carbonyl (C=O) groups is 5. The van der Waals surface area contributed by atoms with Gasteiger partial charge >= 0.3 is 6.03 Å². The zero-order valence-corrected chi connectivity index (χ0v) is 31.8. The van der Waals surface area contributed by atoms with Gasteiger partial charge in [-0.1, -0.05) is 66.7 Å². The highest BCUT2D eigenvalue weighted by atomic mass is 32.2. The molecule has 1 saturated heterocycles. The molecule has 1 aliphatic heterocycles. The second-order valence-electron chi connectivity index (χ2n) is 17.6. The monoisotopic (exact) mass is 707 g/mol. The molecule has 4 rings (SSSR count). The predicted octanol–water partition coefficient (Wildman–Crippen LogP) is 3.62. The highest BCUT2D eigenvalue weighted by molar-refractivity contribution is 7.92. The van der Waals surface area contributed by atoms with Crippen LogP contribution < -0.4 is 21.3 Å². The van der Waals surface area contributed by atoms with E-state index in [2.05, 4.69) is 21.3 Å². The molecule has 5 amide bonds. The summed E-state index contributed by atoms with van der Waals surface area (Å²) in [7, 11) is -3.56. The maximum absolute atomic E-state index is 14.4. The fourth-order valence-electron chi connectivity index (χ4n) is 7.11. The van der Waals surface area contributed by atoms with Crippen LogP contribution in [0.2, 0.25) is 0 Å². The van der Waals surface area contributed by atoms with Crippen LogP contribution in [0.1, 0.15) is 126 Å². The lowest BCUT2D eigenvalue weighted by Gasteiger charge is -2.41. The standard InChI is InChI=1S/C36H61N5O7S/c1-22-20-41(27(23(22)2)30(43)38-26(17-14-24-12-13-24)28(42)31(44)37-25-15-16-25)32(45)29(34(3,4)5)39-33(46)40-36(18-10-9-11-19-36)21-49(47,48)35(6,7)8/h22-27,29H,9-21H2,1-8H3,(H,37,44)(H,38,43)(H2,39,40,46)/t22-,23-,26-,27-,29+/m0/s1. The minimum atomic E-state index is -3.56. The summed E-state index contributed by atoms with van der Waals surface area (Å²) < 4.78 is 25.6. The number of amides is 5. The van der Waals surface area contributed by atoms with E-state index in [4.69, 9.17) is 0 Å². The van der Waals surface area contributed by atoms with E-state index in [9.17, 15) is 32.4 Å². The zero-order chi connectivity index (χ0) is 36.5. The highest BCUT2D eigenvalue weighted by Gasteiger charge is 2.49. The van der Waals surface area contributed by atoms with Gasteiger partial charge in [-0.05, 0) is 82.5 Å². The highest BCUT2D eigenvalue weighted by Crippen LogP contribution is 2.36. The van der Waals surface area contributed by atoms with E-state index in [1.807, 2.05) is 34.6 Å². The predicted molar refractivity (Wildman–Crippen MR) is 188 cm³/mol. The van der Waals surface area contributed by atoms with Crippen molar-refractivity contribution >= 4 is 39.4 Å². The molecule has 0 unspecified atom stereocenters. The van der Waals surface area contributed by atoms with Gasteiger partial charge in [0.1, 0.15) is 12.1 Å². The number of nitrogens with one attached hydrogen (secondary N) is 4. The van der Waals surface area contributed by atoms with Crippen LogP contribution in [-0.2, 0) is 29.0 Å². The van der Waals surface area contributed by atoms with E-state index < -0.39 is 73.2 Å². The van der Waals surface area contributed by atoms with Crippen molar-refractivity contribution in [3.63, 3.8) is 0 Å². The van der Waals surface area contributed by atoms with E-state index in [-0.39, 0.29) is 30.2 Å². The van der Waals surface area contributed by atoms with Crippen molar-refractivity contribution in [3.8, 4) is 0 Å². The third-order valence-corrected chi connectivity index (χ3v) is 13.9. The minimum absolute atomic E-state index is 0.00923. The second kappa shape index (κ2) is 14.9. The van der Waals surface area contributed by atoms with Gasteiger partial charge in [0.15, 0.2) is 9.84 Å². The van der Waals surface area contributed by atoms with Crippen LogP contribution in [0.15, 0.2) is 0 Å². The molecule has 1 heterocycles. The van der Waals surface area contributed by atoms with Crippen LogP contribution >= 0.6 is 0 Å². The number of ketones is 1. The molecule has 4 N–H and O–H groups in total. The lowest BCUT2D eigenvalue weighted by atomic mass is 9.83. The van der Waals surface area contributed by atoms with Crippen molar-refractivity contribution < 1.29 is 32.4 Å². The maximum atomic E-state index is 14.4. The molecule has 3 saturated carbocycles. The molecule has 0 bridgehead atoms. The molecule has 0 aromatic heterocycles. The van der Waals surface area contributed by atoms with Crippen molar-refractivity contribution in [2.24, 2.45) is 23.2 Å². The van der Waals surface area contributed by atoms with Gasteiger partial charge in [0.25, 0.3) is 5.91 Å². The third-order valence-electron chi connectivity index (χ3n) is 11.1. The summed E-state index contributed by atoms with van der Waals surface area (Å²) in [5.74, 6) is -2.23. The number of nitrogens with zero attached hydrogens (tertiary/aromatic N) is 1. The summed E-state index contributed by atoms with van der Waals surface area (Å²) in [6.45, 7) is 14.6. The quantitative estimate of drug-likeness (QED) is 0.212. The number of Topliss-reactive ketones (excluding diaryl/α,β-unsaturated/α-hetero) is 1. The van der Waals surface area contributed by atoms with Crippen molar-refractivity contribution in [3.05, 3.63) is 0 Å². The molecule has 13 heteroatoms. The van der Waals surface area contributed by atoms with Crippen LogP contribution in [0.3, 0.4) is 0 Å². The Balaban J connectivity index is 1.52. The Morgan fingerprint density at radius 1 is 0.878 bits per heavy atom.